The smallest absolute Gasteiger partial charge is 0.318 e. The van der Waals surface area contributed by atoms with Gasteiger partial charge < -0.3 is 24.8 Å². The topological polar surface area (TPSA) is 75.6 Å². The van der Waals surface area contributed by atoms with Crippen LogP contribution in [-0.2, 0) is 4.74 Å². The van der Waals surface area contributed by atoms with Crippen molar-refractivity contribution in [2.24, 2.45) is 0 Å². The van der Waals surface area contributed by atoms with Crippen molar-refractivity contribution in [1.29, 1.82) is 0 Å². The highest BCUT2D eigenvalue weighted by molar-refractivity contribution is 9.13. The molecule has 7 nitrogen and oxygen atoms in total. The van der Waals surface area contributed by atoms with Gasteiger partial charge in [-0.3, -0.25) is 4.79 Å². The maximum atomic E-state index is 13.0. The number of carbonyl (C=O) groups excluding carboxylic acids is 2. The second-order valence-electron chi connectivity index (χ2n) is 6.39. The first-order valence-corrected chi connectivity index (χ1v) is 9.04. The summed E-state index contributed by atoms with van der Waals surface area (Å²) >= 11 is 6.95. The lowest BCUT2D eigenvalue weighted by atomic mass is 10.0. The van der Waals surface area contributed by atoms with Gasteiger partial charge in [0, 0.05) is 13.0 Å². The molecule has 1 aromatic rings. The van der Waals surface area contributed by atoms with Gasteiger partial charge in [-0.25, -0.2) is 4.79 Å². The Morgan fingerprint density at radius 3 is 2.83 bits per heavy atom. The highest BCUT2D eigenvalue weighted by atomic mass is 79.9. The average Bonchev–Trinajstić information content (AvgIpc) is 3.06. The molecular weight excluding hydrogens is 432 g/mol. The van der Waals surface area contributed by atoms with E-state index in [1.807, 2.05) is 18.4 Å². The lowest BCUT2D eigenvalue weighted by molar-refractivity contribution is 0.0132. The molecule has 2 fully saturated rings. The summed E-state index contributed by atoms with van der Waals surface area (Å²) in [6.07, 6.45) is 0.149. The molecule has 4 heterocycles. The van der Waals surface area contributed by atoms with Crippen molar-refractivity contribution in [2.75, 3.05) is 6.54 Å². The molecule has 0 saturated carbocycles. The summed E-state index contributed by atoms with van der Waals surface area (Å²) in [6, 6.07) is 1.50. The van der Waals surface area contributed by atoms with E-state index in [9.17, 15) is 9.59 Å². The van der Waals surface area contributed by atoms with Crippen LogP contribution in [0, 0.1) is 0 Å². The Labute approximate surface area is 150 Å². The number of carbonyl (C=O) groups is 2. The molecule has 1 spiro atoms. The van der Waals surface area contributed by atoms with Crippen molar-refractivity contribution in [3.63, 3.8) is 0 Å². The van der Waals surface area contributed by atoms with Crippen molar-refractivity contribution in [3.8, 4) is 0 Å². The normalized spacial score (nSPS) is 31.8. The van der Waals surface area contributed by atoms with Crippen molar-refractivity contribution >= 4 is 43.8 Å². The number of rotatable bonds is 2. The van der Waals surface area contributed by atoms with Crippen LogP contribution in [0.4, 0.5) is 4.79 Å². The predicted octanol–water partition coefficient (Wildman–Crippen LogP) is 2.17. The molecule has 0 bridgehead atoms. The monoisotopic (exact) mass is 446 g/mol. The van der Waals surface area contributed by atoms with Gasteiger partial charge in [-0.1, -0.05) is 0 Å². The van der Waals surface area contributed by atoms with Gasteiger partial charge in [-0.2, -0.15) is 0 Å². The quantitative estimate of drug-likeness (QED) is 0.729. The van der Waals surface area contributed by atoms with E-state index in [1.165, 1.54) is 0 Å². The minimum absolute atomic E-state index is 0.0659. The van der Waals surface area contributed by atoms with E-state index in [0.29, 0.717) is 18.7 Å². The number of ether oxygens (including phenoxy) is 1. The van der Waals surface area contributed by atoms with E-state index in [2.05, 4.69) is 42.5 Å². The van der Waals surface area contributed by atoms with Gasteiger partial charge in [0.25, 0.3) is 5.91 Å². The highest BCUT2D eigenvalue weighted by Crippen LogP contribution is 2.47. The van der Waals surface area contributed by atoms with Gasteiger partial charge in [-0.15, -0.1) is 0 Å². The number of urea groups is 1. The summed E-state index contributed by atoms with van der Waals surface area (Å²) in [4.78, 5) is 26.8. The Balaban J connectivity index is 1.83. The molecule has 3 aliphatic heterocycles. The number of halogens is 2. The third-order valence-electron chi connectivity index (χ3n) is 4.58. The molecule has 2 saturated heterocycles. The Morgan fingerprint density at radius 1 is 1.39 bits per heavy atom. The van der Waals surface area contributed by atoms with Crippen LogP contribution in [0.3, 0.4) is 0 Å². The number of hydrogen-bond donors (Lipinski definition) is 2. The van der Waals surface area contributed by atoms with Crippen molar-refractivity contribution in [2.45, 2.75) is 44.3 Å². The lowest BCUT2D eigenvalue weighted by Crippen LogP contribution is -2.62. The first kappa shape index (κ1) is 15.5. The molecule has 1 aromatic heterocycles. The Hall–Kier alpha value is -1.06. The number of nitrogens with zero attached hydrogens (tertiary/aromatic N) is 2. The van der Waals surface area contributed by atoms with Crippen LogP contribution in [0.25, 0.3) is 0 Å². The number of amides is 3. The van der Waals surface area contributed by atoms with E-state index in [0.717, 1.165) is 9.08 Å². The number of hydrogen-bond acceptors (Lipinski definition) is 3. The molecule has 3 atom stereocenters. The van der Waals surface area contributed by atoms with E-state index in [1.54, 1.807) is 11.0 Å². The van der Waals surface area contributed by atoms with E-state index >= 15 is 0 Å². The van der Waals surface area contributed by atoms with Gasteiger partial charge in [-0.05, 0) is 51.8 Å². The van der Waals surface area contributed by atoms with Crippen LogP contribution in [0.2, 0.25) is 0 Å². The molecule has 9 heteroatoms. The lowest BCUT2D eigenvalue weighted by Gasteiger charge is -2.43. The first-order chi connectivity index (χ1) is 10.8. The first-order valence-electron chi connectivity index (χ1n) is 7.46. The second kappa shape index (κ2) is 4.97. The Bertz CT molecular complexity index is 719. The van der Waals surface area contributed by atoms with Crippen LogP contribution in [0.15, 0.2) is 15.1 Å². The SMILES string of the molecule is CC(C)O[C@@H]1CN2C(=O)c3cc(Br)c(Br)n3[C@@H]3NC(=O)N[C@@]32C1. The largest absolute Gasteiger partial charge is 0.374 e. The number of fused-ring (bicyclic) bond motifs is 2. The molecule has 23 heavy (non-hydrogen) atoms. The second-order valence-corrected chi connectivity index (χ2v) is 8.00. The summed E-state index contributed by atoms with van der Waals surface area (Å²) in [6.45, 7) is 4.41. The molecule has 4 rings (SSSR count). The van der Waals surface area contributed by atoms with Crippen molar-refractivity contribution < 1.29 is 14.3 Å². The highest BCUT2D eigenvalue weighted by Gasteiger charge is 2.62. The van der Waals surface area contributed by atoms with Gasteiger partial charge in [0.2, 0.25) is 0 Å². The summed E-state index contributed by atoms with van der Waals surface area (Å²) in [5, 5.41) is 5.90. The Morgan fingerprint density at radius 2 is 2.13 bits per heavy atom. The third kappa shape index (κ3) is 2.02. The zero-order chi connectivity index (χ0) is 16.5. The van der Waals surface area contributed by atoms with Crippen LogP contribution in [0.5, 0.6) is 0 Å². The molecule has 0 unspecified atom stereocenters. The predicted molar refractivity (Wildman–Crippen MR) is 88.9 cm³/mol. The van der Waals surface area contributed by atoms with Gasteiger partial charge in [0.1, 0.15) is 10.3 Å². The summed E-state index contributed by atoms with van der Waals surface area (Å²) in [5.74, 6) is -0.105. The van der Waals surface area contributed by atoms with Crippen LogP contribution in [0.1, 0.15) is 36.9 Å². The number of nitrogens with one attached hydrogen (secondary N) is 2. The summed E-state index contributed by atoms with van der Waals surface area (Å²) in [5.41, 5.74) is -0.250. The molecule has 0 aliphatic carbocycles. The van der Waals surface area contributed by atoms with Crippen LogP contribution in [-0.4, -0.2) is 45.8 Å². The van der Waals surface area contributed by atoms with E-state index < -0.39 is 5.66 Å². The third-order valence-corrected chi connectivity index (χ3v) is 6.52. The molecular formula is C14H16Br2N4O3. The van der Waals surface area contributed by atoms with Gasteiger partial charge >= 0.3 is 6.03 Å². The fourth-order valence-electron chi connectivity index (χ4n) is 3.85. The summed E-state index contributed by atoms with van der Waals surface area (Å²) < 4.78 is 9.27. The summed E-state index contributed by atoms with van der Waals surface area (Å²) in [7, 11) is 0. The molecule has 3 aliphatic rings. The minimum atomic E-state index is -0.790. The Kier molecular flexibility index (Phi) is 3.34. The maximum absolute atomic E-state index is 13.0. The standard InChI is InChI=1S/C14H16Br2N4O3/c1-6(2)23-7-4-14-12(17-13(22)18-14)20-9(3-8(15)10(20)16)11(21)19(14)5-7/h3,6-7,12H,4-5H2,1-2H3,(H2,17,18,22)/t7-,12-,14+/m0/s1. The number of aromatic nitrogens is 1. The molecule has 0 aromatic carbocycles. The average molecular weight is 448 g/mol. The maximum Gasteiger partial charge on any atom is 0.318 e. The fourth-order valence-corrected chi connectivity index (χ4v) is 4.77. The molecule has 2 N–H and O–H groups in total. The van der Waals surface area contributed by atoms with Crippen LogP contribution < -0.4 is 10.6 Å². The van der Waals surface area contributed by atoms with E-state index in [-0.39, 0.29) is 30.3 Å². The zero-order valence-corrected chi connectivity index (χ0v) is 15.8. The van der Waals surface area contributed by atoms with Crippen molar-refractivity contribution in [1.82, 2.24) is 20.1 Å². The van der Waals surface area contributed by atoms with E-state index in [4.69, 9.17) is 4.74 Å². The van der Waals surface area contributed by atoms with Crippen molar-refractivity contribution in [3.05, 3.63) is 20.8 Å². The zero-order valence-electron chi connectivity index (χ0n) is 12.6. The molecule has 124 valence electrons. The van der Waals surface area contributed by atoms with Gasteiger partial charge in [0.05, 0.1) is 16.7 Å². The molecule has 3 amide bonds. The molecule has 0 radical (unpaired) electrons. The van der Waals surface area contributed by atoms with Crippen LogP contribution >= 0.6 is 31.9 Å². The fraction of sp³-hybridized carbons (Fsp3) is 0.571. The van der Waals surface area contributed by atoms with Gasteiger partial charge in [0.15, 0.2) is 11.8 Å². The minimum Gasteiger partial charge on any atom is -0.374 e.